The number of aromatic amines is 1. The minimum Gasteiger partial charge on any atom is -0.364 e. The first-order chi connectivity index (χ1) is 6.20. The van der Waals surface area contributed by atoms with E-state index < -0.39 is 11.7 Å². The minimum atomic E-state index is -0.714. The number of imidazole rings is 1. The van der Waals surface area contributed by atoms with Crippen LogP contribution in [0.1, 0.15) is 10.5 Å². The van der Waals surface area contributed by atoms with E-state index in [4.69, 9.17) is 5.73 Å². The van der Waals surface area contributed by atoms with E-state index >= 15 is 0 Å². The number of carbonyl (C=O) groups is 1. The second kappa shape index (κ2) is 2.51. The lowest BCUT2D eigenvalue weighted by Crippen LogP contribution is -2.13. The van der Waals surface area contributed by atoms with Gasteiger partial charge in [-0.15, -0.1) is 0 Å². The Hall–Kier alpha value is -1.98. The quantitative estimate of drug-likeness (QED) is 0.657. The molecule has 2 rings (SSSR count). The van der Waals surface area contributed by atoms with Crippen LogP contribution in [0.5, 0.6) is 0 Å². The predicted molar refractivity (Wildman–Crippen MR) is 42.4 cm³/mol. The number of aromatic nitrogens is 3. The van der Waals surface area contributed by atoms with E-state index in [1.807, 2.05) is 0 Å². The zero-order chi connectivity index (χ0) is 9.42. The van der Waals surface area contributed by atoms with Crippen LogP contribution in [0.2, 0.25) is 0 Å². The first-order valence-electron chi connectivity index (χ1n) is 3.47. The van der Waals surface area contributed by atoms with Gasteiger partial charge in [-0.1, -0.05) is 0 Å². The van der Waals surface area contributed by atoms with Gasteiger partial charge in [0.2, 0.25) is 0 Å². The second-order valence-electron chi connectivity index (χ2n) is 2.45. The Labute approximate surface area is 71.8 Å². The van der Waals surface area contributed by atoms with Crippen molar-refractivity contribution in [2.45, 2.75) is 0 Å². The number of nitrogens with one attached hydrogen (secondary N) is 1. The van der Waals surface area contributed by atoms with Gasteiger partial charge in [0.1, 0.15) is 11.0 Å². The van der Waals surface area contributed by atoms with Crippen molar-refractivity contribution in [3.63, 3.8) is 0 Å². The van der Waals surface area contributed by atoms with Crippen LogP contribution in [-0.2, 0) is 0 Å². The highest BCUT2D eigenvalue weighted by molar-refractivity contribution is 6.01. The Morgan fingerprint density at radius 1 is 1.54 bits per heavy atom. The number of rotatable bonds is 1. The summed E-state index contributed by atoms with van der Waals surface area (Å²) < 4.78 is 13.0. The monoisotopic (exact) mass is 180 g/mol. The van der Waals surface area contributed by atoms with Crippen LogP contribution < -0.4 is 5.73 Å². The standard InChI is InChI=1S/C7H5FN4O/c8-3-1-10-6(7(9)13)5-4(3)11-2-12-5/h1-2H,(H2,9,13)(H,11,12). The SMILES string of the molecule is NC(=O)c1ncc(F)c2nc[nH]c12. The van der Waals surface area contributed by atoms with Crippen molar-refractivity contribution in [3.8, 4) is 0 Å². The molecule has 6 heteroatoms. The molecule has 3 N–H and O–H groups in total. The first-order valence-corrected chi connectivity index (χ1v) is 3.47. The van der Waals surface area contributed by atoms with Crippen LogP contribution in [-0.4, -0.2) is 20.9 Å². The third-order valence-corrected chi connectivity index (χ3v) is 1.64. The summed E-state index contributed by atoms with van der Waals surface area (Å²) in [7, 11) is 0. The summed E-state index contributed by atoms with van der Waals surface area (Å²) in [6.07, 6.45) is 2.20. The average molecular weight is 180 g/mol. The third kappa shape index (κ3) is 1.03. The molecular weight excluding hydrogens is 175 g/mol. The lowest BCUT2D eigenvalue weighted by atomic mass is 10.3. The molecule has 0 aliphatic rings. The van der Waals surface area contributed by atoms with Gasteiger partial charge in [-0.3, -0.25) is 4.79 Å². The highest BCUT2D eigenvalue weighted by atomic mass is 19.1. The summed E-state index contributed by atoms with van der Waals surface area (Å²) in [5, 5.41) is 0. The van der Waals surface area contributed by atoms with Crippen LogP contribution in [0.4, 0.5) is 4.39 Å². The molecule has 1 amide bonds. The topological polar surface area (TPSA) is 84.7 Å². The van der Waals surface area contributed by atoms with Gasteiger partial charge < -0.3 is 10.7 Å². The van der Waals surface area contributed by atoms with Gasteiger partial charge in [-0.25, -0.2) is 14.4 Å². The van der Waals surface area contributed by atoms with Crippen LogP contribution >= 0.6 is 0 Å². The third-order valence-electron chi connectivity index (χ3n) is 1.64. The molecule has 0 unspecified atom stereocenters. The van der Waals surface area contributed by atoms with Crippen molar-refractivity contribution >= 4 is 16.9 Å². The zero-order valence-electron chi connectivity index (χ0n) is 6.41. The molecule has 0 spiro atoms. The van der Waals surface area contributed by atoms with Gasteiger partial charge >= 0.3 is 0 Å². The molecule has 2 heterocycles. The lowest BCUT2D eigenvalue weighted by molar-refractivity contribution is 0.0997. The number of amides is 1. The van der Waals surface area contributed by atoms with Crippen molar-refractivity contribution in [1.82, 2.24) is 15.0 Å². The molecule has 0 fully saturated rings. The normalized spacial score (nSPS) is 10.5. The molecule has 66 valence electrons. The maximum Gasteiger partial charge on any atom is 0.269 e. The fraction of sp³-hybridized carbons (Fsp3) is 0. The molecule has 13 heavy (non-hydrogen) atoms. The summed E-state index contributed by atoms with van der Waals surface area (Å²) in [6.45, 7) is 0. The molecule has 5 nitrogen and oxygen atoms in total. The smallest absolute Gasteiger partial charge is 0.269 e. The largest absolute Gasteiger partial charge is 0.364 e. The van der Waals surface area contributed by atoms with Crippen LogP contribution in [0.15, 0.2) is 12.5 Å². The molecule has 2 aromatic rings. The highest BCUT2D eigenvalue weighted by Gasteiger charge is 2.13. The number of fused-ring (bicyclic) bond motifs is 1. The summed E-state index contributed by atoms with van der Waals surface area (Å²) in [5.41, 5.74) is 5.31. The number of nitrogens with zero attached hydrogens (tertiary/aromatic N) is 2. The van der Waals surface area contributed by atoms with Crippen molar-refractivity contribution in [1.29, 1.82) is 0 Å². The molecular formula is C7H5FN4O. The molecule has 0 radical (unpaired) electrons. The summed E-state index contributed by atoms with van der Waals surface area (Å²) >= 11 is 0. The van der Waals surface area contributed by atoms with Gasteiger partial charge in [-0.05, 0) is 0 Å². The molecule has 0 aliphatic heterocycles. The Morgan fingerprint density at radius 2 is 2.31 bits per heavy atom. The number of halogens is 1. The van der Waals surface area contributed by atoms with Crippen molar-refractivity contribution in [2.75, 3.05) is 0 Å². The van der Waals surface area contributed by atoms with E-state index in [1.54, 1.807) is 0 Å². The number of primary amides is 1. The van der Waals surface area contributed by atoms with Crippen LogP contribution in [0.3, 0.4) is 0 Å². The number of hydrogen-bond acceptors (Lipinski definition) is 3. The maximum atomic E-state index is 13.0. The van der Waals surface area contributed by atoms with Gasteiger partial charge in [0.15, 0.2) is 11.5 Å². The molecule has 0 aliphatic carbocycles. The summed E-state index contributed by atoms with van der Waals surface area (Å²) in [6, 6.07) is 0. The van der Waals surface area contributed by atoms with E-state index in [-0.39, 0.29) is 16.7 Å². The highest BCUT2D eigenvalue weighted by Crippen LogP contribution is 2.14. The van der Waals surface area contributed by atoms with Gasteiger partial charge in [0, 0.05) is 0 Å². The number of nitrogens with two attached hydrogens (primary N) is 1. The van der Waals surface area contributed by atoms with Crippen molar-refractivity contribution < 1.29 is 9.18 Å². The lowest BCUT2D eigenvalue weighted by Gasteiger charge is -1.96. The van der Waals surface area contributed by atoms with E-state index in [0.29, 0.717) is 0 Å². The van der Waals surface area contributed by atoms with E-state index in [2.05, 4.69) is 15.0 Å². The summed E-state index contributed by atoms with van der Waals surface area (Å²) in [5.74, 6) is -1.30. The minimum absolute atomic E-state index is 0.00565. The van der Waals surface area contributed by atoms with Gasteiger partial charge in [0.25, 0.3) is 5.91 Å². The average Bonchev–Trinajstić information content (AvgIpc) is 2.53. The van der Waals surface area contributed by atoms with E-state index in [1.165, 1.54) is 6.33 Å². The Balaban J connectivity index is 2.86. The van der Waals surface area contributed by atoms with Gasteiger partial charge in [-0.2, -0.15) is 0 Å². The molecule has 0 saturated carbocycles. The maximum absolute atomic E-state index is 13.0. The first kappa shape index (κ1) is 7.66. The molecule has 0 aromatic carbocycles. The zero-order valence-corrected chi connectivity index (χ0v) is 6.41. The second-order valence-corrected chi connectivity index (χ2v) is 2.45. The van der Waals surface area contributed by atoms with Crippen LogP contribution in [0.25, 0.3) is 11.0 Å². The fourth-order valence-corrected chi connectivity index (χ4v) is 1.09. The Morgan fingerprint density at radius 3 is 3.00 bits per heavy atom. The molecule has 0 saturated heterocycles. The predicted octanol–water partition coefficient (Wildman–Crippen LogP) is 0.196. The number of carbonyl (C=O) groups excluding carboxylic acids is 1. The number of hydrogen-bond donors (Lipinski definition) is 2. The van der Waals surface area contributed by atoms with E-state index in [0.717, 1.165) is 6.20 Å². The van der Waals surface area contributed by atoms with Gasteiger partial charge in [0.05, 0.1) is 12.5 Å². The fourth-order valence-electron chi connectivity index (χ4n) is 1.09. The van der Waals surface area contributed by atoms with Crippen LogP contribution in [0, 0.1) is 5.82 Å². The Bertz CT molecular complexity index is 478. The molecule has 2 aromatic heterocycles. The van der Waals surface area contributed by atoms with Crippen molar-refractivity contribution in [2.24, 2.45) is 5.73 Å². The number of pyridine rings is 1. The molecule has 0 bridgehead atoms. The summed E-state index contributed by atoms with van der Waals surface area (Å²) in [4.78, 5) is 20.6. The van der Waals surface area contributed by atoms with E-state index in [9.17, 15) is 9.18 Å². The number of H-pyrrole nitrogens is 1. The Kier molecular flexibility index (Phi) is 1.48. The van der Waals surface area contributed by atoms with Crippen molar-refractivity contribution in [3.05, 3.63) is 24.0 Å². The molecule has 0 atom stereocenters.